The molecule has 4 rings (SSSR count). The monoisotopic (exact) mass is 442 g/mol. The molecule has 1 unspecified atom stereocenters. The Hall–Kier alpha value is -1.66. The standard InChI is InChI=1S/C18H26N4O5S2/c1-13-17(14-7-10-28(24,25)12-14)18(23)22(20-13)16-6-5-15(11-19-16)29(26,27)21-8-3-2-4-9-21/h5-6,11,14,20,24-25H,2-4,7-10,12H2,1H3. The van der Waals surface area contributed by atoms with Crippen molar-refractivity contribution in [3.63, 3.8) is 0 Å². The fourth-order valence-corrected chi connectivity index (χ4v) is 7.43. The summed E-state index contributed by atoms with van der Waals surface area (Å²) < 4.78 is 48.1. The Kier molecular flexibility index (Phi) is 5.36. The smallest absolute Gasteiger partial charge is 0.276 e. The molecular formula is C18H26N4O5S2. The Morgan fingerprint density at radius 2 is 1.93 bits per heavy atom. The van der Waals surface area contributed by atoms with E-state index in [1.165, 1.54) is 27.3 Å². The minimum atomic E-state index is -3.58. The normalized spacial score (nSPS) is 23.9. The summed E-state index contributed by atoms with van der Waals surface area (Å²) in [5.41, 5.74) is 0.905. The van der Waals surface area contributed by atoms with Gasteiger partial charge in [0.1, 0.15) is 4.90 Å². The highest BCUT2D eigenvalue weighted by Crippen LogP contribution is 2.51. The second kappa shape index (κ2) is 7.55. The number of nitrogens with one attached hydrogen (secondary N) is 1. The Balaban J connectivity index is 1.62. The lowest BCUT2D eigenvalue weighted by molar-refractivity contribution is 0.346. The van der Waals surface area contributed by atoms with Gasteiger partial charge in [-0.3, -0.25) is 19.0 Å². The van der Waals surface area contributed by atoms with E-state index in [4.69, 9.17) is 0 Å². The van der Waals surface area contributed by atoms with E-state index >= 15 is 0 Å². The Morgan fingerprint density at radius 3 is 2.52 bits per heavy atom. The van der Waals surface area contributed by atoms with Crippen LogP contribution in [0.1, 0.15) is 42.9 Å². The Bertz CT molecular complexity index is 1050. The van der Waals surface area contributed by atoms with E-state index in [9.17, 15) is 22.3 Å². The van der Waals surface area contributed by atoms with Gasteiger partial charge in [-0.05, 0) is 38.3 Å². The third kappa shape index (κ3) is 3.89. The molecule has 3 N–H and O–H groups in total. The Morgan fingerprint density at radius 1 is 1.21 bits per heavy atom. The van der Waals surface area contributed by atoms with Crippen molar-refractivity contribution in [3.8, 4) is 5.82 Å². The summed E-state index contributed by atoms with van der Waals surface area (Å²) in [6, 6.07) is 2.99. The summed E-state index contributed by atoms with van der Waals surface area (Å²) in [6.07, 6.45) is 4.59. The number of H-pyrrole nitrogens is 1. The maximum atomic E-state index is 12.9. The quantitative estimate of drug-likeness (QED) is 0.666. The molecule has 2 fully saturated rings. The second-order valence-corrected chi connectivity index (χ2v) is 12.1. The number of hydrogen-bond donors (Lipinski definition) is 3. The summed E-state index contributed by atoms with van der Waals surface area (Å²) in [6.45, 7) is 2.80. The molecule has 0 aromatic carbocycles. The zero-order valence-corrected chi connectivity index (χ0v) is 17.9. The SMILES string of the molecule is Cc1[nH]n(-c2ccc(S(=O)(=O)N3CCCCC3)cn2)c(=O)c1C1CCS(O)(O)C1. The van der Waals surface area contributed by atoms with E-state index in [0.717, 1.165) is 19.3 Å². The van der Waals surface area contributed by atoms with Gasteiger partial charge in [0.2, 0.25) is 10.0 Å². The van der Waals surface area contributed by atoms with E-state index in [1.807, 2.05) is 0 Å². The molecular weight excluding hydrogens is 416 g/mol. The maximum absolute atomic E-state index is 12.9. The number of rotatable bonds is 4. The molecule has 2 aromatic heterocycles. The van der Waals surface area contributed by atoms with Crippen molar-refractivity contribution in [3.05, 3.63) is 39.9 Å². The number of hydrogen-bond acceptors (Lipinski definition) is 6. The largest absolute Gasteiger partial charge is 0.299 e. The number of aryl methyl sites for hydroxylation is 1. The van der Waals surface area contributed by atoms with Gasteiger partial charge >= 0.3 is 0 Å². The minimum Gasteiger partial charge on any atom is -0.299 e. The zero-order valence-electron chi connectivity index (χ0n) is 16.2. The molecule has 0 amide bonds. The van der Waals surface area contributed by atoms with Crippen molar-refractivity contribution in [2.24, 2.45) is 0 Å². The van der Waals surface area contributed by atoms with Crippen molar-refractivity contribution in [1.29, 1.82) is 0 Å². The lowest BCUT2D eigenvalue weighted by Gasteiger charge is -2.25. The van der Waals surface area contributed by atoms with Crippen LogP contribution in [0, 0.1) is 6.92 Å². The van der Waals surface area contributed by atoms with Gasteiger partial charge in [-0.15, -0.1) is 0 Å². The minimum absolute atomic E-state index is 0.115. The average molecular weight is 443 g/mol. The number of pyridine rings is 1. The molecule has 0 saturated carbocycles. The predicted octanol–water partition coefficient (Wildman–Crippen LogP) is 2.28. The van der Waals surface area contributed by atoms with Crippen LogP contribution in [0.5, 0.6) is 0 Å². The van der Waals surface area contributed by atoms with Crippen LogP contribution >= 0.6 is 10.6 Å². The van der Waals surface area contributed by atoms with E-state index in [-0.39, 0.29) is 22.1 Å². The van der Waals surface area contributed by atoms with Gasteiger partial charge in [0, 0.05) is 48.0 Å². The van der Waals surface area contributed by atoms with Gasteiger partial charge in [0.25, 0.3) is 5.56 Å². The van der Waals surface area contributed by atoms with Crippen molar-refractivity contribution < 1.29 is 17.5 Å². The highest BCUT2D eigenvalue weighted by atomic mass is 32.3. The molecule has 4 heterocycles. The Labute approximate surface area is 171 Å². The van der Waals surface area contributed by atoms with Gasteiger partial charge < -0.3 is 0 Å². The van der Waals surface area contributed by atoms with Crippen LogP contribution in [-0.2, 0) is 10.0 Å². The van der Waals surface area contributed by atoms with Crippen LogP contribution in [0.15, 0.2) is 28.0 Å². The van der Waals surface area contributed by atoms with Gasteiger partial charge in [-0.1, -0.05) is 6.42 Å². The van der Waals surface area contributed by atoms with Crippen molar-refractivity contribution in [1.82, 2.24) is 19.1 Å². The van der Waals surface area contributed by atoms with Crippen LogP contribution in [0.4, 0.5) is 0 Å². The molecule has 0 radical (unpaired) electrons. The molecule has 0 spiro atoms. The highest BCUT2D eigenvalue weighted by Gasteiger charge is 2.33. The molecule has 2 aliphatic heterocycles. The zero-order chi connectivity index (χ0) is 20.8. The molecule has 0 aliphatic carbocycles. The van der Waals surface area contributed by atoms with Crippen molar-refractivity contribution in [2.45, 2.75) is 43.4 Å². The fourth-order valence-electron chi connectivity index (χ4n) is 4.16. The number of piperidine rings is 1. The molecule has 1 atom stereocenters. The average Bonchev–Trinajstić information content (AvgIpc) is 3.20. The molecule has 0 bridgehead atoms. The first-order valence-electron chi connectivity index (χ1n) is 9.71. The van der Waals surface area contributed by atoms with E-state index in [0.29, 0.717) is 42.3 Å². The summed E-state index contributed by atoms with van der Waals surface area (Å²) in [5.74, 6) is 0.597. The lowest BCUT2D eigenvalue weighted by Crippen LogP contribution is -2.35. The van der Waals surface area contributed by atoms with Gasteiger partial charge in [-0.2, -0.15) is 14.9 Å². The summed E-state index contributed by atoms with van der Waals surface area (Å²) in [7, 11) is -6.19. The number of sulfonamides is 1. The molecule has 2 aliphatic rings. The van der Waals surface area contributed by atoms with Crippen LogP contribution in [0.3, 0.4) is 0 Å². The maximum Gasteiger partial charge on any atom is 0.276 e. The highest BCUT2D eigenvalue weighted by molar-refractivity contribution is 8.24. The van der Waals surface area contributed by atoms with Crippen molar-refractivity contribution >= 4 is 20.6 Å². The lowest BCUT2D eigenvalue weighted by atomic mass is 9.99. The van der Waals surface area contributed by atoms with Gasteiger partial charge in [-0.25, -0.2) is 18.1 Å². The topological polar surface area (TPSA) is 129 Å². The van der Waals surface area contributed by atoms with Gasteiger partial charge in [0.05, 0.1) is 0 Å². The molecule has 9 nitrogen and oxygen atoms in total. The fraction of sp³-hybridized carbons (Fsp3) is 0.556. The van der Waals surface area contributed by atoms with E-state index in [1.54, 1.807) is 6.92 Å². The first-order chi connectivity index (χ1) is 13.7. The third-order valence-electron chi connectivity index (χ3n) is 5.69. The van der Waals surface area contributed by atoms with Crippen LogP contribution < -0.4 is 5.56 Å². The predicted molar refractivity (Wildman–Crippen MR) is 111 cm³/mol. The van der Waals surface area contributed by atoms with E-state index < -0.39 is 20.6 Å². The molecule has 11 heteroatoms. The summed E-state index contributed by atoms with van der Waals surface area (Å²) >= 11 is 0. The first-order valence-corrected chi connectivity index (χ1v) is 13.0. The number of aromatic nitrogens is 3. The second-order valence-electron chi connectivity index (χ2n) is 7.77. The van der Waals surface area contributed by atoms with E-state index in [2.05, 4.69) is 10.1 Å². The van der Waals surface area contributed by atoms with Crippen LogP contribution in [-0.4, -0.2) is 61.2 Å². The summed E-state index contributed by atoms with van der Waals surface area (Å²) in [5, 5.41) is 2.98. The molecule has 2 saturated heterocycles. The number of nitrogens with zero attached hydrogens (tertiary/aromatic N) is 3. The molecule has 2 aromatic rings. The first kappa shape index (κ1) is 20.6. The van der Waals surface area contributed by atoms with Crippen LogP contribution in [0.2, 0.25) is 0 Å². The molecule has 160 valence electrons. The molecule has 29 heavy (non-hydrogen) atoms. The summed E-state index contributed by atoms with van der Waals surface area (Å²) in [4.78, 5) is 17.3. The van der Waals surface area contributed by atoms with Crippen LogP contribution in [0.25, 0.3) is 5.82 Å². The third-order valence-corrected chi connectivity index (χ3v) is 9.40. The van der Waals surface area contributed by atoms with Gasteiger partial charge in [0.15, 0.2) is 5.82 Å². The number of aromatic amines is 1. The van der Waals surface area contributed by atoms with Crippen molar-refractivity contribution in [2.75, 3.05) is 24.6 Å².